The quantitative estimate of drug-likeness (QED) is 0.421. The average molecular weight is 395 g/mol. The molecule has 0 saturated carbocycles. The Kier molecular flexibility index (Phi) is 6.13. The van der Waals surface area contributed by atoms with Crippen molar-refractivity contribution in [1.82, 2.24) is 9.97 Å². The molecule has 3 aromatic rings. The van der Waals surface area contributed by atoms with Gasteiger partial charge in [0.2, 0.25) is 0 Å². The predicted octanol–water partition coefficient (Wildman–Crippen LogP) is 2.84. The summed E-state index contributed by atoms with van der Waals surface area (Å²) >= 11 is 0. The molecule has 0 aliphatic heterocycles. The molecule has 8 heteroatoms. The van der Waals surface area contributed by atoms with E-state index in [-0.39, 0.29) is 5.69 Å². The summed E-state index contributed by atoms with van der Waals surface area (Å²) < 4.78 is 10.7. The molecule has 0 spiro atoms. The molecule has 1 amide bonds. The number of anilines is 1. The number of imidazole rings is 1. The van der Waals surface area contributed by atoms with Gasteiger partial charge in [0.1, 0.15) is 5.75 Å². The number of aromatic amines is 2. The zero-order chi connectivity index (χ0) is 20.8. The molecule has 0 unspecified atom stereocenters. The summed E-state index contributed by atoms with van der Waals surface area (Å²) in [5.41, 5.74) is 2.07. The number of amides is 1. The van der Waals surface area contributed by atoms with Crippen LogP contribution in [0.4, 0.5) is 5.69 Å². The number of ether oxygens (including phenoxy) is 2. The highest BCUT2D eigenvalue weighted by molar-refractivity contribution is 5.97. The molecule has 29 heavy (non-hydrogen) atoms. The Morgan fingerprint density at radius 2 is 1.90 bits per heavy atom. The highest BCUT2D eigenvalue weighted by Gasteiger charge is 2.17. The van der Waals surface area contributed by atoms with Gasteiger partial charge in [0, 0.05) is 17.3 Å². The van der Waals surface area contributed by atoms with Crippen LogP contribution in [0.3, 0.4) is 0 Å². The van der Waals surface area contributed by atoms with E-state index in [1.807, 2.05) is 25.1 Å². The second kappa shape index (κ2) is 8.92. The van der Waals surface area contributed by atoms with Crippen molar-refractivity contribution >= 4 is 34.7 Å². The maximum Gasteiger partial charge on any atom is 0.331 e. The number of hydrogen-bond acceptors (Lipinski definition) is 5. The van der Waals surface area contributed by atoms with Crippen LogP contribution in [0.15, 0.2) is 53.3 Å². The van der Waals surface area contributed by atoms with Gasteiger partial charge in [-0.3, -0.25) is 4.79 Å². The van der Waals surface area contributed by atoms with E-state index >= 15 is 0 Å². The molecular weight excluding hydrogens is 374 g/mol. The molecule has 0 aliphatic rings. The zero-order valence-electron chi connectivity index (χ0n) is 16.0. The third-order valence-corrected chi connectivity index (χ3v) is 4.06. The maximum atomic E-state index is 12.3. The third kappa shape index (κ3) is 5.13. The minimum absolute atomic E-state index is 0.330. The van der Waals surface area contributed by atoms with Crippen LogP contribution in [0.5, 0.6) is 5.75 Å². The Morgan fingerprint density at radius 3 is 2.69 bits per heavy atom. The highest BCUT2D eigenvalue weighted by Crippen LogP contribution is 2.19. The fourth-order valence-electron chi connectivity index (χ4n) is 2.68. The lowest BCUT2D eigenvalue weighted by Gasteiger charge is -2.12. The fraction of sp³-hybridized carbons (Fsp3) is 0.190. The molecule has 150 valence electrons. The highest BCUT2D eigenvalue weighted by atomic mass is 16.5. The minimum Gasteiger partial charge on any atom is -0.493 e. The van der Waals surface area contributed by atoms with Gasteiger partial charge in [0.05, 0.1) is 17.6 Å². The van der Waals surface area contributed by atoms with E-state index < -0.39 is 18.0 Å². The third-order valence-electron chi connectivity index (χ3n) is 4.06. The monoisotopic (exact) mass is 395 g/mol. The van der Waals surface area contributed by atoms with Crippen molar-refractivity contribution in [1.29, 1.82) is 0 Å². The van der Waals surface area contributed by atoms with Crippen molar-refractivity contribution in [2.45, 2.75) is 20.0 Å². The molecule has 0 saturated heterocycles. The van der Waals surface area contributed by atoms with Gasteiger partial charge < -0.3 is 24.8 Å². The molecule has 1 atom stereocenters. The largest absolute Gasteiger partial charge is 0.493 e. The molecule has 2 aromatic carbocycles. The first-order valence-electron chi connectivity index (χ1n) is 9.09. The van der Waals surface area contributed by atoms with Crippen LogP contribution >= 0.6 is 0 Å². The molecule has 3 N–H and O–H groups in total. The van der Waals surface area contributed by atoms with Gasteiger partial charge in [-0.15, -0.1) is 0 Å². The number of carbonyl (C=O) groups excluding carboxylic acids is 2. The number of fused-ring (bicyclic) bond motifs is 1. The van der Waals surface area contributed by atoms with Crippen LogP contribution in [0.1, 0.15) is 19.4 Å². The van der Waals surface area contributed by atoms with Crippen LogP contribution in [0.25, 0.3) is 17.1 Å². The van der Waals surface area contributed by atoms with Crippen molar-refractivity contribution in [3.05, 3.63) is 64.6 Å². The Balaban J connectivity index is 1.59. The van der Waals surface area contributed by atoms with Gasteiger partial charge in [0.15, 0.2) is 6.10 Å². The Labute approximate surface area is 166 Å². The SMILES string of the molecule is CCOc1ccccc1/C=C/C(=O)O[C@H](C)C(=O)Nc1ccc2[nH]c(=O)[nH]c2c1. The van der Waals surface area contributed by atoms with E-state index in [2.05, 4.69) is 15.3 Å². The minimum atomic E-state index is -1.00. The van der Waals surface area contributed by atoms with E-state index in [1.165, 1.54) is 13.0 Å². The summed E-state index contributed by atoms with van der Waals surface area (Å²) in [5, 5.41) is 2.65. The van der Waals surface area contributed by atoms with Gasteiger partial charge in [-0.1, -0.05) is 18.2 Å². The second-order valence-corrected chi connectivity index (χ2v) is 6.21. The number of H-pyrrole nitrogens is 2. The van der Waals surface area contributed by atoms with E-state index in [9.17, 15) is 14.4 Å². The summed E-state index contributed by atoms with van der Waals surface area (Å²) in [6, 6.07) is 12.2. The van der Waals surface area contributed by atoms with Gasteiger partial charge in [-0.2, -0.15) is 0 Å². The van der Waals surface area contributed by atoms with Crippen LogP contribution in [-0.2, 0) is 14.3 Å². The van der Waals surface area contributed by atoms with E-state index in [0.717, 1.165) is 5.56 Å². The first kappa shape index (κ1) is 19.9. The molecule has 1 aromatic heterocycles. The lowest BCUT2D eigenvalue weighted by molar-refractivity contribution is -0.148. The van der Waals surface area contributed by atoms with Crippen LogP contribution in [0.2, 0.25) is 0 Å². The molecule has 0 bridgehead atoms. The number of rotatable bonds is 7. The molecule has 0 fully saturated rings. The van der Waals surface area contributed by atoms with Crippen molar-refractivity contribution < 1.29 is 19.1 Å². The fourth-order valence-corrected chi connectivity index (χ4v) is 2.68. The summed E-state index contributed by atoms with van der Waals surface area (Å²) in [5.74, 6) is -0.480. The molecule has 0 aliphatic carbocycles. The van der Waals surface area contributed by atoms with Crippen LogP contribution < -0.4 is 15.7 Å². The van der Waals surface area contributed by atoms with E-state index in [0.29, 0.717) is 29.1 Å². The first-order valence-corrected chi connectivity index (χ1v) is 9.09. The Bertz CT molecular complexity index is 1110. The Morgan fingerprint density at radius 1 is 1.14 bits per heavy atom. The molecular formula is C21H21N3O5. The van der Waals surface area contributed by atoms with Crippen LogP contribution in [-0.4, -0.2) is 34.6 Å². The number of esters is 1. The zero-order valence-corrected chi connectivity index (χ0v) is 16.0. The van der Waals surface area contributed by atoms with E-state index in [4.69, 9.17) is 9.47 Å². The van der Waals surface area contributed by atoms with Crippen LogP contribution in [0, 0.1) is 0 Å². The number of aromatic nitrogens is 2. The van der Waals surface area contributed by atoms with Gasteiger partial charge in [0.25, 0.3) is 5.91 Å². The van der Waals surface area contributed by atoms with Gasteiger partial charge in [-0.05, 0) is 44.2 Å². The molecule has 0 radical (unpaired) electrons. The predicted molar refractivity (Wildman–Crippen MR) is 110 cm³/mol. The standard InChI is InChI=1S/C21H21N3O5/c1-3-28-18-7-5-4-6-14(18)8-11-19(25)29-13(2)20(26)22-15-9-10-16-17(12-15)24-21(27)23-16/h4-13H,3H2,1-2H3,(H,22,26)(H2,23,24,27)/b11-8+/t13-/m1/s1. The average Bonchev–Trinajstić information content (AvgIpc) is 3.06. The summed E-state index contributed by atoms with van der Waals surface area (Å²) in [7, 11) is 0. The van der Waals surface area contributed by atoms with Crippen molar-refractivity contribution in [3.63, 3.8) is 0 Å². The summed E-state index contributed by atoms with van der Waals surface area (Å²) in [4.78, 5) is 40.9. The lowest BCUT2D eigenvalue weighted by atomic mass is 10.2. The maximum absolute atomic E-state index is 12.3. The number of nitrogens with one attached hydrogen (secondary N) is 3. The van der Waals surface area contributed by atoms with Crippen molar-refractivity contribution in [3.8, 4) is 5.75 Å². The molecule has 3 rings (SSSR count). The second-order valence-electron chi connectivity index (χ2n) is 6.21. The lowest BCUT2D eigenvalue weighted by Crippen LogP contribution is -2.29. The topological polar surface area (TPSA) is 113 Å². The van der Waals surface area contributed by atoms with Crippen molar-refractivity contribution in [2.75, 3.05) is 11.9 Å². The number of para-hydroxylation sites is 1. The van der Waals surface area contributed by atoms with E-state index in [1.54, 1.807) is 30.3 Å². The summed E-state index contributed by atoms with van der Waals surface area (Å²) in [6.07, 6.45) is 1.82. The van der Waals surface area contributed by atoms with Gasteiger partial charge >= 0.3 is 11.7 Å². The number of hydrogen-bond donors (Lipinski definition) is 3. The van der Waals surface area contributed by atoms with Crippen molar-refractivity contribution in [2.24, 2.45) is 0 Å². The normalized spacial score (nSPS) is 12.1. The molecule has 1 heterocycles. The Hall–Kier alpha value is -3.81. The van der Waals surface area contributed by atoms with Gasteiger partial charge in [-0.25, -0.2) is 9.59 Å². The first-order chi connectivity index (χ1) is 14.0. The molecule has 8 nitrogen and oxygen atoms in total. The summed E-state index contributed by atoms with van der Waals surface area (Å²) in [6.45, 7) is 3.86. The smallest absolute Gasteiger partial charge is 0.331 e. The number of benzene rings is 2. The number of carbonyl (C=O) groups is 2.